The Bertz CT molecular complexity index is 2710. The van der Waals surface area contributed by atoms with Gasteiger partial charge in [0, 0.05) is 49.4 Å². The summed E-state index contributed by atoms with van der Waals surface area (Å²) >= 11 is 0. The molecule has 0 saturated heterocycles. The molecule has 1 aliphatic carbocycles. The molecule has 46 heavy (non-hydrogen) atoms. The van der Waals surface area contributed by atoms with Gasteiger partial charge in [-0.1, -0.05) is 91.0 Å². The monoisotopic (exact) mass is 591 g/mol. The summed E-state index contributed by atoms with van der Waals surface area (Å²) in [7, 11) is 0. The zero-order valence-electron chi connectivity index (χ0n) is 25.1. The lowest BCUT2D eigenvalue weighted by Crippen LogP contribution is -1.99. The average molecular weight is 592 g/mol. The minimum Gasteiger partial charge on any atom is -0.455 e. The van der Waals surface area contributed by atoms with Crippen LogP contribution in [0.15, 0.2) is 144 Å². The maximum atomic E-state index is 7.05. The van der Waals surface area contributed by atoms with Gasteiger partial charge in [0.05, 0.1) is 33.1 Å². The van der Waals surface area contributed by atoms with Crippen LogP contribution in [0, 0.1) is 0 Å². The zero-order valence-corrected chi connectivity index (χ0v) is 25.1. The Hall–Kier alpha value is -6.00. The highest BCUT2D eigenvalue weighted by atomic mass is 16.3. The van der Waals surface area contributed by atoms with Crippen LogP contribution in [-0.2, 0) is 0 Å². The number of para-hydroxylation sites is 4. The second kappa shape index (κ2) is 9.50. The van der Waals surface area contributed by atoms with Crippen molar-refractivity contribution in [2.45, 2.75) is 12.8 Å². The van der Waals surface area contributed by atoms with E-state index >= 15 is 0 Å². The van der Waals surface area contributed by atoms with Crippen molar-refractivity contribution in [1.29, 1.82) is 0 Å². The minimum absolute atomic E-state index is 0.721. The predicted molar refractivity (Wildman–Crippen MR) is 194 cm³/mol. The smallest absolute Gasteiger partial charge is 0.145 e. The normalized spacial score (nSPS) is 13.6. The molecular formula is C42H29N3O. The topological polar surface area (TPSA) is 49.0 Å². The number of hydrogen-bond acceptors (Lipinski definition) is 2. The largest absolute Gasteiger partial charge is 0.455 e. The van der Waals surface area contributed by atoms with Crippen molar-refractivity contribution < 1.29 is 4.42 Å². The molecule has 1 aliphatic rings. The average Bonchev–Trinajstić information content (AvgIpc) is 3.76. The molecule has 0 bridgehead atoms. The molecule has 9 aromatic rings. The second-order valence-corrected chi connectivity index (χ2v) is 12.2. The summed E-state index contributed by atoms with van der Waals surface area (Å²) in [6, 6.07) is 43.1. The number of fused-ring (bicyclic) bond motifs is 10. The number of rotatable bonds is 3. The van der Waals surface area contributed by atoms with Crippen molar-refractivity contribution in [3.8, 4) is 16.8 Å². The van der Waals surface area contributed by atoms with Crippen molar-refractivity contribution in [3.05, 3.63) is 140 Å². The van der Waals surface area contributed by atoms with Gasteiger partial charge in [-0.15, -0.1) is 0 Å². The van der Waals surface area contributed by atoms with E-state index in [2.05, 4.69) is 143 Å². The Balaban J connectivity index is 1.29. The molecule has 0 atom stereocenters. The first kappa shape index (κ1) is 25.3. The molecule has 4 nitrogen and oxygen atoms in total. The maximum absolute atomic E-state index is 7.05. The third-order valence-electron chi connectivity index (χ3n) is 9.71. The van der Waals surface area contributed by atoms with E-state index in [0.29, 0.717) is 0 Å². The van der Waals surface area contributed by atoms with Crippen molar-refractivity contribution in [3.63, 3.8) is 0 Å². The maximum Gasteiger partial charge on any atom is 0.145 e. The van der Waals surface area contributed by atoms with Crippen LogP contribution in [0.1, 0.15) is 12.8 Å². The van der Waals surface area contributed by atoms with Crippen LogP contribution < -0.4 is 5.73 Å². The van der Waals surface area contributed by atoms with Crippen LogP contribution in [0.5, 0.6) is 0 Å². The number of nitrogen functional groups attached to an aromatic ring is 1. The molecule has 3 heterocycles. The summed E-state index contributed by atoms with van der Waals surface area (Å²) in [4.78, 5) is 0. The van der Waals surface area contributed by atoms with Crippen LogP contribution in [0.4, 0.5) is 5.69 Å². The third kappa shape index (κ3) is 3.44. The molecule has 6 aromatic carbocycles. The molecular weight excluding hydrogens is 562 g/mol. The molecule has 4 heteroatoms. The van der Waals surface area contributed by atoms with Gasteiger partial charge in [0.1, 0.15) is 11.2 Å². The molecule has 0 fully saturated rings. The van der Waals surface area contributed by atoms with E-state index in [1.54, 1.807) is 0 Å². The van der Waals surface area contributed by atoms with E-state index in [0.717, 1.165) is 73.7 Å². The van der Waals surface area contributed by atoms with Gasteiger partial charge in [0.15, 0.2) is 0 Å². The predicted octanol–water partition coefficient (Wildman–Crippen LogP) is 11.2. The fourth-order valence-electron chi connectivity index (χ4n) is 7.75. The first-order valence-corrected chi connectivity index (χ1v) is 15.9. The van der Waals surface area contributed by atoms with Crippen LogP contribution in [0.25, 0.3) is 88.1 Å². The highest BCUT2D eigenvalue weighted by Gasteiger charge is 2.22. The first-order valence-electron chi connectivity index (χ1n) is 15.9. The molecule has 3 aromatic heterocycles. The lowest BCUT2D eigenvalue weighted by atomic mass is 9.99. The minimum atomic E-state index is 0.721. The summed E-state index contributed by atoms with van der Waals surface area (Å²) in [5.74, 6) is 0. The van der Waals surface area contributed by atoms with E-state index in [1.807, 2.05) is 6.07 Å². The molecule has 0 spiro atoms. The number of nitrogens with two attached hydrogens (primary N) is 1. The van der Waals surface area contributed by atoms with Crippen LogP contribution in [0.3, 0.4) is 0 Å². The molecule has 218 valence electrons. The van der Waals surface area contributed by atoms with Crippen LogP contribution in [0.2, 0.25) is 0 Å². The van der Waals surface area contributed by atoms with E-state index < -0.39 is 0 Å². The molecule has 0 radical (unpaired) electrons. The first-order chi connectivity index (χ1) is 22.8. The second-order valence-electron chi connectivity index (χ2n) is 12.2. The SMILES string of the molecule is Nc1ccc(-c2cccc3c2oc2c3ccc3c2c2ccccc2n3C2=CC=CCC2)c(-n2c3ccccc3c3ccccc32)c1. The van der Waals surface area contributed by atoms with Crippen LogP contribution in [-0.4, -0.2) is 9.13 Å². The summed E-state index contributed by atoms with van der Waals surface area (Å²) < 4.78 is 11.8. The molecule has 0 amide bonds. The Morgan fingerprint density at radius 3 is 1.96 bits per heavy atom. The van der Waals surface area contributed by atoms with Gasteiger partial charge in [0.2, 0.25) is 0 Å². The summed E-state index contributed by atoms with van der Waals surface area (Å²) in [6.07, 6.45) is 8.71. The van der Waals surface area contributed by atoms with E-state index in [4.69, 9.17) is 10.2 Å². The molecule has 2 N–H and O–H groups in total. The summed E-state index contributed by atoms with van der Waals surface area (Å²) in [5.41, 5.74) is 18.2. The fraction of sp³-hybridized carbons (Fsp3) is 0.0476. The zero-order chi connectivity index (χ0) is 30.4. The number of anilines is 1. The van der Waals surface area contributed by atoms with E-state index in [9.17, 15) is 0 Å². The molecule has 0 aliphatic heterocycles. The van der Waals surface area contributed by atoms with Gasteiger partial charge < -0.3 is 19.3 Å². The van der Waals surface area contributed by atoms with Crippen molar-refractivity contribution in [2.24, 2.45) is 0 Å². The highest BCUT2D eigenvalue weighted by Crippen LogP contribution is 2.45. The van der Waals surface area contributed by atoms with Gasteiger partial charge in [-0.25, -0.2) is 0 Å². The Labute approximate surface area is 264 Å². The molecule has 0 saturated carbocycles. The quantitative estimate of drug-likeness (QED) is 0.208. The van der Waals surface area contributed by atoms with Gasteiger partial charge in [-0.2, -0.15) is 0 Å². The lowest BCUT2D eigenvalue weighted by Gasteiger charge is -2.15. The number of hydrogen-bond donors (Lipinski definition) is 1. The van der Waals surface area contributed by atoms with E-state index in [-0.39, 0.29) is 0 Å². The van der Waals surface area contributed by atoms with Crippen LogP contribution >= 0.6 is 0 Å². The van der Waals surface area contributed by atoms with Crippen molar-refractivity contribution >= 4 is 76.9 Å². The van der Waals surface area contributed by atoms with Gasteiger partial charge in [-0.3, -0.25) is 0 Å². The summed E-state index contributed by atoms with van der Waals surface area (Å²) in [6.45, 7) is 0. The van der Waals surface area contributed by atoms with Crippen molar-refractivity contribution in [2.75, 3.05) is 5.73 Å². The van der Waals surface area contributed by atoms with Crippen molar-refractivity contribution in [1.82, 2.24) is 9.13 Å². The van der Waals surface area contributed by atoms with Gasteiger partial charge in [0.25, 0.3) is 0 Å². The third-order valence-corrected chi connectivity index (χ3v) is 9.71. The standard InChI is InChI=1S/C42H29N3O/c43-26-21-22-30(39(25-26)45-35-18-7-4-13-28(35)29-14-5-8-19-36(29)45)31-16-10-17-32-33-23-24-38-40(42(33)46-41(31)32)34-15-6-9-20-37(34)44(38)27-11-2-1-3-12-27/h1-2,4-11,13-25H,3,12,43H2. The lowest BCUT2D eigenvalue weighted by molar-refractivity contribution is 0.674. The highest BCUT2D eigenvalue weighted by molar-refractivity contribution is 6.25. The summed E-state index contributed by atoms with van der Waals surface area (Å²) in [5, 5.41) is 7.03. The fourth-order valence-corrected chi connectivity index (χ4v) is 7.75. The number of allylic oxidation sites excluding steroid dienone is 4. The molecule has 0 unspecified atom stereocenters. The Kier molecular flexibility index (Phi) is 5.23. The number of aromatic nitrogens is 2. The Morgan fingerprint density at radius 2 is 1.22 bits per heavy atom. The van der Waals surface area contributed by atoms with Gasteiger partial charge >= 0.3 is 0 Å². The number of benzene rings is 6. The Morgan fingerprint density at radius 1 is 0.543 bits per heavy atom. The number of nitrogens with zero attached hydrogens (tertiary/aromatic N) is 2. The van der Waals surface area contributed by atoms with Gasteiger partial charge in [-0.05, 0) is 61.4 Å². The number of furan rings is 1. The molecule has 10 rings (SSSR count). The van der Waals surface area contributed by atoms with E-state index in [1.165, 1.54) is 32.9 Å².